The van der Waals surface area contributed by atoms with E-state index in [1.165, 1.54) is 7.11 Å². The summed E-state index contributed by atoms with van der Waals surface area (Å²) in [6.07, 6.45) is 0.551. The van der Waals surface area contributed by atoms with E-state index in [9.17, 15) is 4.79 Å². The molecular formula is C15H20ClN3O3. The summed E-state index contributed by atoms with van der Waals surface area (Å²) < 4.78 is 4.69. The fraction of sp³-hybridized carbons (Fsp3) is 0.467. The van der Waals surface area contributed by atoms with Crippen LogP contribution in [0.4, 0.5) is 5.69 Å². The number of benzene rings is 1. The lowest BCUT2D eigenvalue weighted by molar-refractivity contribution is 0.0458. The molecule has 0 fully saturated rings. The van der Waals surface area contributed by atoms with Gasteiger partial charge in [-0.15, -0.1) is 0 Å². The highest BCUT2D eigenvalue weighted by molar-refractivity contribution is 6.33. The number of hydrogen-bond acceptors (Lipinski definition) is 6. The van der Waals surface area contributed by atoms with Crippen molar-refractivity contribution in [3.63, 3.8) is 0 Å². The number of amidine groups is 1. The van der Waals surface area contributed by atoms with Gasteiger partial charge in [-0.2, -0.15) is 0 Å². The standard InChI is InChI=1S/C15H20ClN3O3/c1-9(2)6-13-18-14(22-19-13)8-17-10-4-5-12(16)11(7-10)15(20)21-3/h4-5,7,9,14,17H,6,8H2,1-3H3,(H,18,19). The molecule has 0 saturated carbocycles. The van der Waals surface area contributed by atoms with Gasteiger partial charge in [-0.05, 0) is 24.1 Å². The molecule has 22 heavy (non-hydrogen) atoms. The van der Waals surface area contributed by atoms with Crippen LogP contribution in [0.1, 0.15) is 30.6 Å². The third-order valence-corrected chi connectivity index (χ3v) is 3.40. The number of carbonyl (C=O) groups is 1. The molecule has 1 unspecified atom stereocenters. The lowest BCUT2D eigenvalue weighted by Crippen LogP contribution is -2.23. The molecule has 1 aromatic rings. The number of ether oxygens (including phenoxy) is 1. The summed E-state index contributed by atoms with van der Waals surface area (Å²) in [7, 11) is 1.32. The predicted molar refractivity (Wildman–Crippen MR) is 86.2 cm³/mol. The number of hydrogen-bond donors (Lipinski definition) is 2. The molecule has 120 valence electrons. The Morgan fingerprint density at radius 2 is 2.32 bits per heavy atom. The first-order chi connectivity index (χ1) is 10.5. The number of rotatable bonds is 6. The summed E-state index contributed by atoms with van der Waals surface area (Å²) >= 11 is 5.98. The smallest absolute Gasteiger partial charge is 0.339 e. The Kier molecular flexibility index (Phi) is 5.63. The second kappa shape index (κ2) is 7.47. The van der Waals surface area contributed by atoms with Crippen LogP contribution in [-0.2, 0) is 9.57 Å². The second-order valence-corrected chi connectivity index (χ2v) is 5.82. The minimum atomic E-state index is -0.468. The molecule has 2 rings (SSSR count). The first kappa shape index (κ1) is 16.6. The average Bonchev–Trinajstić information content (AvgIpc) is 2.92. The zero-order chi connectivity index (χ0) is 16.1. The van der Waals surface area contributed by atoms with Crippen LogP contribution >= 0.6 is 11.6 Å². The number of esters is 1. The van der Waals surface area contributed by atoms with E-state index in [0.717, 1.165) is 17.9 Å². The third-order valence-electron chi connectivity index (χ3n) is 3.07. The number of nitrogens with zero attached hydrogens (tertiary/aromatic N) is 1. The largest absolute Gasteiger partial charge is 0.465 e. The number of halogens is 1. The highest BCUT2D eigenvalue weighted by Crippen LogP contribution is 2.21. The maximum absolute atomic E-state index is 11.6. The third kappa shape index (κ3) is 4.35. The number of aliphatic imine (C=N–C) groups is 1. The maximum atomic E-state index is 11.6. The van der Waals surface area contributed by atoms with E-state index in [1.807, 2.05) is 0 Å². The van der Waals surface area contributed by atoms with E-state index in [0.29, 0.717) is 23.0 Å². The molecule has 7 heteroatoms. The molecule has 1 aliphatic rings. The van der Waals surface area contributed by atoms with E-state index in [-0.39, 0.29) is 6.23 Å². The van der Waals surface area contributed by atoms with Crippen molar-refractivity contribution >= 4 is 29.1 Å². The molecule has 0 saturated heterocycles. The van der Waals surface area contributed by atoms with Gasteiger partial charge >= 0.3 is 5.97 Å². The highest BCUT2D eigenvalue weighted by atomic mass is 35.5. The Morgan fingerprint density at radius 3 is 3.00 bits per heavy atom. The average molecular weight is 326 g/mol. The highest BCUT2D eigenvalue weighted by Gasteiger charge is 2.18. The van der Waals surface area contributed by atoms with Crippen LogP contribution in [-0.4, -0.2) is 31.7 Å². The van der Waals surface area contributed by atoms with Gasteiger partial charge in [0.1, 0.15) is 5.84 Å². The summed E-state index contributed by atoms with van der Waals surface area (Å²) in [6, 6.07) is 5.09. The van der Waals surface area contributed by atoms with Crippen molar-refractivity contribution in [3.05, 3.63) is 28.8 Å². The fourth-order valence-electron chi connectivity index (χ4n) is 2.04. The minimum absolute atomic E-state index is 0.300. The monoisotopic (exact) mass is 325 g/mol. The zero-order valence-corrected chi connectivity index (χ0v) is 13.6. The molecule has 0 radical (unpaired) electrons. The van der Waals surface area contributed by atoms with Gasteiger partial charge in [-0.3, -0.25) is 5.48 Å². The fourth-order valence-corrected chi connectivity index (χ4v) is 2.23. The summed E-state index contributed by atoms with van der Waals surface area (Å²) in [6.45, 7) is 4.73. The molecule has 1 aliphatic heterocycles. The summed E-state index contributed by atoms with van der Waals surface area (Å²) in [5, 5.41) is 3.52. The van der Waals surface area contributed by atoms with Gasteiger partial charge in [0.25, 0.3) is 0 Å². The lowest BCUT2D eigenvalue weighted by atomic mass is 10.1. The normalized spacial score (nSPS) is 17.1. The Balaban J connectivity index is 1.95. The van der Waals surface area contributed by atoms with Crippen LogP contribution in [0, 0.1) is 5.92 Å². The Labute approximate surface area is 134 Å². The molecule has 2 N–H and O–H groups in total. The quantitative estimate of drug-likeness (QED) is 0.787. The van der Waals surface area contributed by atoms with Gasteiger partial charge in [0.15, 0.2) is 6.23 Å². The molecule has 1 aromatic carbocycles. The number of methoxy groups -OCH3 is 1. The lowest BCUT2D eigenvalue weighted by Gasteiger charge is -2.11. The van der Waals surface area contributed by atoms with Crippen LogP contribution in [0.25, 0.3) is 0 Å². The van der Waals surface area contributed by atoms with E-state index >= 15 is 0 Å². The van der Waals surface area contributed by atoms with Crippen LogP contribution in [0.5, 0.6) is 0 Å². The summed E-state index contributed by atoms with van der Waals surface area (Å²) in [4.78, 5) is 21.4. The maximum Gasteiger partial charge on any atom is 0.339 e. The number of anilines is 1. The van der Waals surface area contributed by atoms with Gasteiger partial charge in [0.2, 0.25) is 0 Å². The minimum Gasteiger partial charge on any atom is -0.465 e. The van der Waals surface area contributed by atoms with Crippen molar-refractivity contribution in [3.8, 4) is 0 Å². The van der Waals surface area contributed by atoms with Gasteiger partial charge < -0.3 is 10.1 Å². The van der Waals surface area contributed by atoms with Gasteiger partial charge in [-0.1, -0.05) is 25.4 Å². The number of carbonyl (C=O) groups excluding carboxylic acids is 1. The zero-order valence-electron chi connectivity index (χ0n) is 12.9. The number of hydroxylamine groups is 1. The van der Waals surface area contributed by atoms with E-state index in [1.54, 1.807) is 18.2 Å². The molecule has 0 spiro atoms. The molecular weight excluding hydrogens is 306 g/mol. The van der Waals surface area contributed by atoms with E-state index in [4.69, 9.17) is 21.2 Å². The molecule has 0 aromatic heterocycles. The molecule has 0 aliphatic carbocycles. The molecule has 0 amide bonds. The Hall–Kier alpha value is -1.79. The van der Waals surface area contributed by atoms with E-state index < -0.39 is 5.97 Å². The first-order valence-electron chi connectivity index (χ1n) is 7.09. The van der Waals surface area contributed by atoms with Gasteiger partial charge in [0.05, 0.1) is 24.2 Å². The van der Waals surface area contributed by atoms with Crippen molar-refractivity contribution in [2.24, 2.45) is 10.9 Å². The van der Waals surface area contributed by atoms with Crippen molar-refractivity contribution in [2.45, 2.75) is 26.5 Å². The predicted octanol–water partition coefficient (Wildman–Crippen LogP) is 2.84. The van der Waals surface area contributed by atoms with Crippen molar-refractivity contribution in [1.82, 2.24) is 5.48 Å². The van der Waals surface area contributed by atoms with Crippen LogP contribution < -0.4 is 10.8 Å². The van der Waals surface area contributed by atoms with Crippen molar-refractivity contribution < 1.29 is 14.4 Å². The second-order valence-electron chi connectivity index (χ2n) is 5.42. The Morgan fingerprint density at radius 1 is 1.55 bits per heavy atom. The van der Waals surface area contributed by atoms with Crippen molar-refractivity contribution in [1.29, 1.82) is 0 Å². The number of nitrogens with one attached hydrogen (secondary N) is 2. The van der Waals surface area contributed by atoms with Crippen LogP contribution in [0.2, 0.25) is 5.02 Å². The van der Waals surface area contributed by atoms with Gasteiger partial charge in [0, 0.05) is 12.1 Å². The SMILES string of the molecule is COC(=O)c1cc(NCC2N=C(CC(C)C)NO2)ccc1Cl. The van der Waals surface area contributed by atoms with E-state index in [2.05, 4.69) is 29.6 Å². The summed E-state index contributed by atoms with van der Waals surface area (Å²) in [5.74, 6) is 0.901. The summed E-state index contributed by atoms with van der Waals surface area (Å²) in [5.41, 5.74) is 3.91. The van der Waals surface area contributed by atoms with Crippen molar-refractivity contribution in [2.75, 3.05) is 19.0 Å². The molecule has 1 heterocycles. The van der Waals surface area contributed by atoms with Crippen LogP contribution in [0.15, 0.2) is 23.2 Å². The molecule has 0 bridgehead atoms. The van der Waals surface area contributed by atoms with Gasteiger partial charge in [-0.25, -0.2) is 14.6 Å². The van der Waals surface area contributed by atoms with Crippen LogP contribution in [0.3, 0.4) is 0 Å². The first-order valence-corrected chi connectivity index (χ1v) is 7.47. The molecule has 6 nitrogen and oxygen atoms in total. The topological polar surface area (TPSA) is 72.0 Å². The Bertz CT molecular complexity index is 575. The molecule has 1 atom stereocenters.